The van der Waals surface area contributed by atoms with Gasteiger partial charge in [-0.1, -0.05) is 18.2 Å². The van der Waals surface area contributed by atoms with Crippen molar-refractivity contribution in [2.75, 3.05) is 26.2 Å². The summed E-state index contributed by atoms with van der Waals surface area (Å²) in [5.41, 5.74) is 0.874. The highest BCUT2D eigenvalue weighted by Gasteiger charge is 2.37. The molecule has 2 heterocycles. The van der Waals surface area contributed by atoms with Crippen molar-refractivity contribution >= 4 is 11.3 Å². The van der Waals surface area contributed by atoms with Crippen LogP contribution in [0, 0.1) is 6.92 Å². The molecule has 1 unspecified atom stereocenters. The summed E-state index contributed by atoms with van der Waals surface area (Å²) in [6.45, 7) is 5.06. The van der Waals surface area contributed by atoms with E-state index in [0.717, 1.165) is 36.6 Å². The summed E-state index contributed by atoms with van der Waals surface area (Å²) < 4.78 is 40.5. The number of thiophene rings is 1. The predicted molar refractivity (Wildman–Crippen MR) is 86.8 cm³/mol. The van der Waals surface area contributed by atoms with Gasteiger partial charge >= 0.3 is 6.18 Å². The van der Waals surface area contributed by atoms with Crippen molar-refractivity contribution in [2.45, 2.75) is 19.1 Å². The predicted octanol–water partition coefficient (Wildman–Crippen LogP) is 4.07. The summed E-state index contributed by atoms with van der Waals surface area (Å²) in [4.78, 5) is 3.16. The highest BCUT2D eigenvalue weighted by atomic mass is 32.1. The monoisotopic (exact) mass is 340 g/mol. The zero-order valence-electron chi connectivity index (χ0n) is 12.9. The largest absolute Gasteiger partial charge is 0.416 e. The maximum absolute atomic E-state index is 13.5. The molecule has 0 aliphatic carbocycles. The first-order chi connectivity index (χ1) is 11.0. The molecular weight excluding hydrogens is 321 g/mol. The summed E-state index contributed by atoms with van der Waals surface area (Å²) in [5, 5.41) is 5.22. The van der Waals surface area contributed by atoms with E-state index >= 15 is 0 Å². The average molecular weight is 340 g/mol. The summed E-state index contributed by atoms with van der Waals surface area (Å²) in [5.74, 6) is 0. The van der Waals surface area contributed by atoms with Crippen molar-refractivity contribution in [3.63, 3.8) is 0 Å². The van der Waals surface area contributed by atoms with Gasteiger partial charge in [0.2, 0.25) is 0 Å². The third-order valence-corrected chi connectivity index (χ3v) is 5.30. The Kier molecular flexibility index (Phi) is 4.75. The van der Waals surface area contributed by atoms with E-state index in [1.165, 1.54) is 23.5 Å². The van der Waals surface area contributed by atoms with E-state index in [2.05, 4.69) is 10.2 Å². The van der Waals surface area contributed by atoms with E-state index in [-0.39, 0.29) is 6.04 Å². The number of benzene rings is 1. The number of rotatable bonds is 3. The van der Waals surface area contributed by atoms with Gasteiger partial charge in [-0.05, 0) is 35.6 Å². The normalized spacial score (nSPS) is 18.1. The third kappa shape index (κ3) is 3.44. The zero-order chi connectivity index (χ0) is 16.4. The van der Waals surface area contributed by atoms with Gasteiger partial charge in [-0.2, -0.15) is 13.2 Å². The van der Waals surface area contributed by atoms with Crippen molar-refractivity contribution in [1.82, 2.24) is 10.2 Å². The second kappa shape index (κ2) is 6.63. The number of nitrogens with one attached hydrogen (secondary N) is 1. The minimum Gasteiger partial charge on any atom is -0.314 e. The quantitative estimate of drug-likeness (QED) is 0.906. The van der Waals surface area contributed by atoms with Gasteiger partial charge in [-0.15, -0.1) is 11.3 Å². The molecule has 23 heavy (non-hydrogen) atoms. The molecule has 1 aliphatic heterocycles. The van der Waals surface area contributed by atoms with Gasteiger partial charge in [0.05, 0.1) is 11.6 Å². The molecule has 6 heteroatoms. The fourth-order valence-corrected chi connectivity index (χ4v) is 4.18. The number of aryl methyl sites for hydroxylation is 1. The van der Waals surface area contributed by atoms with Crippen LogP contribution in [0.3, 0.4) is 0 Å². The molecule has 0 spiro atoms. The Bertz CT molecular complexity index is 660. The van der Waals surface area contributed by atoms with Crippen LogP contribution >= 0.6 is 11.3 Å². The van der Waals surface area contributed by atoms with Gasteiger partial charge in [-0.3, -0.25) is 4.90 Å². The van der Waals surface area contributed by atoms with Gasteiger partial charge in [-0.25, -0.2) is 0 Å². The molecular formula is C17H19F3N2S. The van der Waals surface area contributed by atoms with Crippen LogP contribution < -0.4 is 5.32 Å². The lowest BCUT2D eigenvalue weighted by atomic mass is 9.95. The van der Waals surface area contributed by atoms with Crippen LogP contribution in [0.2, 0.25) is 0 Å². The molecule has 0 radical (unpaired) electrons. The minimum absolute atomic E-state index is 0.338. The van der Waals surface area contributed by atoms with Crippen LogP contribution in [0.25, 0.3) is 0 Å². The van der Waals surface area contributed by atoms with Crippen molar-refractivity contribution in [3.05, 3.63) is 57.3 Å². The molecule has 1 aromatic heterocycles. The molecule has 0 bridgehead atoms. The van der Waals surface area contributed by atoms with Crippen molar-refractivity contribution in [3.8, 4) is 0 Å². The first-order valence-electron chi connectivity index (χ1n) is 7.63. The van der Waals surface area contributed by atoms with E-state index in [9.17, 15) is 13.2 Å². The fourth-order valence-electron chi connectivity index (χ4n) is 3.10. The average Bonchev–Trinajstić information content (AvgIpc) is 2.94. The van der Waals surface area contributed by atoms with Crippen molar-refractivity contribution < 1.29 is 13.2 Å². The lowest BCUT2D eigenvalue weighted by Crippen LogP contribution is -2.45. The Morgan fingerprint density at radius 1 is 1.13 bits per heavy atom. The van der Waals surface area contributed by atoms with Crippen LogP contribution in [0.4, 0.5) is 13.2 Å². The van der Waals surface area contributed by atoms with Crippen LogP contribution in [-0.4, -0.2) is 31.1 Å². The Balaban J connectivity index is 2.11. The minimum atomic E-state index is -4.34. The molecule has 124 valence electrons. The molecule has 0 amide bonds. The maximum Gasteiger partial charge on any atom is 0.416 e. The van der Waals surface area contributed by atoms with Crippen LogP contribution in [0.1, 0.15) is 27.6 Å². The molecule has 1 atom stereocenters. The van der Waals surface area contributed by atoms with E-state index in [0.29, 0.717) is 5.56 Å². The maximum atomic E-state index is 13.5. The van der Waals surface area contributed by atoms with Crippen molar-refractivity contribution in [2.24, 2.45) is 0 Å². The number of nitrogens with zero attached hydrogens (tertiary/aromatic N) is 1. The molecule has 0 saturated carbocycles. The summed E-state index contributed by atoms with van der Waals surface area (Å²) in [7, 11) is 0. The first kappa shape index (κ1) is 16.5. The highest BCUT2D eigenvalue weighted by molar-refractivity contribution is 7.10. The smallest absolute Gasteiger partial charge is 0.314 e. The number of halogens is 3. The first-order valence-corrected chi connectivity index (χ1v) is 8.51. The third-order valence-electron chi connectivity index (χ3n) is 4.23. The van der Waals surface area contributed by atoms with Gasteiger partial charge in [0.1, 0.15) is 0 Å². The summed E-state index contributed by atoms with van der Waals surface area (Å²) in [6.07, 6.45) is -4.34. The Hall–Kier alpha value is -1.37. The number of alkyl halides is 3. The van der Waals surface area contributed by atoms with Gasteiger partial charge < -0.3 is 5.32 Å². The standard InChI is InChI=1S/C17H19F3N2S/c1-12-6-11-23-16(12)15(22-9-7-21-8-10-22)13-4-2-3-5-14(13)17(18,19)20/h2-6,11,15,21H,7-10H2,1H3. The van der Waals surface area contributed by atoms with Crippen LogP contribution in [0.15, 0.2) is 35.7 Å². The van der Waals surface area contributed by atoms with E-state index in [4.69, 9.17) is 0 Å². The fraction of sp³-hybridized carbons (Fsp3) is 0.412. The van der Waals surface area contributed by atoms with Crippen LogP contribution in [0.5, 0.6) is 0 Å². The molecule has 3 rings (SSSR count). The number of hydrogen-bond donors (Lipinski definition) is 1. The lowest BCUT2D eigenvalue weighted by Gasteiger charge is -2.36. The number of piperazine rings is 1. The molecule has 1 N–H and O–H groups in total. The second-order valence-corrected chi connectivity index (χ2v) is 6.69. The van der Waals surface area contributed by atoms with Crippen molar-refractivity contribution in [1.29, 1.82) is 0 Å². The molecule has 2 aromatic rings. The second-order valence-electron chi connectivity index (χ2n) is 5.74. The van der Waals surface area contributed by atoms with Crippen LogP contribution in [-0.2, 0) is 6.18 Å². The number of hydrogen-bond acceptors (Lipinski definition) is 3. The molecule has 1 fully saturated rings. The van der Waals surface area contributed by atoms with E-state index in [1.54, 1.807) is 12.1 Å². The van der Waals surface area contributed by atoms with Gasteiger partial charge in [0.25, 0.3) is 0 Å². The Morgan fingerprint density at radius 3 is 2.43 bits per heavy atom. The topological polar surface area (TPSA) is 15.3 Å². The summed E-state index contributed by atoms with van der Waals surface area (Å²) in [6, 6.07) is 7.61. The van der Waals surface area contributed by atoms with E-state index in [1.807, 2.05) is 18.4 Å². The van der Waals surface area contributed by atoms with Gasteiger partial charge in [0.15, 0.2) is 0 Å². The molecule has 2 nitrogen and oxygen atoms in total. The lowest BCUT2D eigenvalue weighted by molar-refractivity contribution is -0.138. The SMILES string of the molecule is Cc1ccsc1C(c1ccccc1C(F)(F)F)N1CCNCC1. The van der Waals surface area contributed by atoms with E-state index < -0.39 is 11.7 Å². The molecule has 1 saturated heterocycles. The zero-order valence-corrected chi connectivity index (χ0v) is 13.7. The summed E-state index contributed by atoms with van der Waals surface area (Å²) >= 11 is 1.54. The highest BCUT2D eigenvalue weighted by Crippen LogP contribution is 2.41. The Labute approximate surface area is 137 Å². The molecule has 1 aliphatic rings. The Morgan fingerprint density at radius 2 is 1.83 bits per heavy atom. The van der Waals surface area contributed by atoms with Gasteiger partial charge in [0, 0.05) is 31.1 Å². The molecule has 1 aromatic carbocycles.